The van der Waals surface area contributed by atoms with Gasteiger partial charge in [0.25, 0.3) is 0 Å². The lowest BCUT2D eigenvalue weighted by molar-refractivity contribution is -0.167. The van der Waals surface area contributed by atoms with E-state index in [4.69, 9.17) is 14.2 Å². The van der Waals surface area contributed by atoms with Crippen LogP contribution in [0.3, 0.4) is 0 Å². The lowest BCUT2D eigenvalue weighted by Gasteiger charge is -2.18. The van der Waals surface area contributed by atoms with Crippen LogP contribution in [-0.4, -0.2) is 37.2 Å². The van der Waals surface area contributed by atoms with Crippen molar-refractivity contribution in [3.8, 4) is 0 Å². The van der Waals surface area contributed by atoms with Crippen LogP contribution in [0, 0.1) is 0 Å². The maximum Gasteiger partial charge on any atom is 0.306 e. The van der Waals surface area contributed by atoms with E-state index in [1.165, 1.54) is 289 Å². The van der Waals surface area contributed by atoms with Crippen LogP contribution in [0.5, 0.6) is 0 Å². The van der Waals surface area contributed by atoms with E-state index < -0.39 is 6.10 Å². The van der Waals surface area contributed by atoms with Crippen LogP contribution in [-0.2, 0) is 28.6 Å². The first kappa shape index (κ1) is 80.4. The van der Waals surface area contributed by atoms with Gasteiger partial charge in [-0.3, -0.25) is 14.4 Å². The first-order chi connectivity index (χ1) is 41.0. The van der Waals surface area contributed by atoms with Gasteiger partial charge < -0.3 is 14.2 Å². The number of allylic oxidation sites excluding steroid dienone is 8. The molecule has 0 amide bonds. The number of esters is 3. The molecule has 6 nitrogen and oxygen atoms in total. The highest BCUT2D eigenvalue weighted by atomic mass is 16.6. The highest BCUT2D eigenvalue weighted by Crippen LogP contribution is 2.19. The van der Waals surface area contributed by atoms with Gasteiger partial charge in [0, 0.05) is 19.3 Å². The third-order valence-electron chi connectivity index (χ3n) is 16.8. The number of unbranched alkanes of at least 4 members (excludes halogenated alkanes) is 50. The zero-order chi connectivity index (χ0) is 59.9. The van der Waals surface area contributed by atoms with E-state index in [0.717, 1.165) is 77.0 Å². The van der Waals surface area contributed by atoms with Crippen molar-refractivity contribution in [1.82, 2.24) is 0 Å². The predicted molar refractivity (Wildman–Crippen MR) is 362 cm³/mol. The summed E-state index contributed by atoms with van der Waals surface area (Å²) in [6, 6.07) is 0. The minimum atomic E-state index is -0.774. The second kappa shape index (κ2) is 71.8. The maximum absolute atomic E-state index is 13.0. The van der Waals surface area contributed by atoms with E-state index in [1.807, 2.05) is 0 Å². The Morgan fingerprint density at radius 2 is 0.434 bits per heavy atom. The van der Waals surface area contributed by atoms with Crippen molar-refractivity contribution in [1.29, 1.82) is 0 Å². The molecule has 486 valence electrons. The SMILES string of the molecule is CCCCC/C=C\CCCCCCCC(=O)OCC(COC(=O)CCCCCCCCCCCCCCCCCC/C=C\C/C=C\C/C=C\CCCCCCC)OC(=O)CCCCCCCCCCCCCCCCCCCCCCCC. The molecule has 0 rings (SSSR count). The van der Waals surface area contributed by atoms with Crippen molar-refractivity contribution in [2.24, 2.45) is 0 Å². The smallest absolute Gasteiger partial charge is 0.306 e. The van der Waals surface area contributed by atoms with Gasteiger partial charge >= 0.3 is 17.9 Å². The van der Waals surface area contributed by atoms with E-state index >= 15 is 0 Å². The van der Waals surface area contributed by atoms with Crippen molar-refractivity contribution in [2.45, 2.75) is 412 Å². The normalized spacial score (nSPS) is 12.3. The van der Waals surface area contributed by atoms with E-state index in [2.05, 4.69) is 69.4 Å². The van der Waals surface area contributed by atoms with Crippen LogP contribution in [0.25, 0.3) is 0 Å². The Morgan fingerprint density at radius 3 is 0.711 bits per heavy atom. The third-order valence-corrected chi connectivity index (χ3v) is 16.8. The fourth-order valence-corrected chi connectivity index (χ4v) is 11.2. The molecule has 0 spiro atoms. The van der Waals surface area contributed by atoms with Gasteiger partial charge in [-0.15, -0.1) is 0 Å². The fourth-order valence-electron chi connectivity index (χ4n) is 11.2. The molecule has 0 aromatic heterocycles. The number of rotatable bonds is 69. The van der Waals surface area contributed by atoms with Crippen LogP contribution in [0.1, 0.15) is 406 Å². The van der Waals surface area contributed by atoms with Crippen LogP contribution in [0.2, 0.25) is 0 Å². The number of carbonyl (C=O) groups excluding carboxylic acids is 3. The van der Waals surface area contributed by atoms with E-state index in [9.17, 15) is 14.4 Å². The first-order valence-electron chi connectivity index (χ1n) is 37.1. The third kappa shape index (κ3) is 70.0. The number of hydrogen-bond acceptors (Lipinski definition) is 6. The Balaban J connectivity index is 4.16. The van der Waals surface area contributed by atoms with Crippen molar-refractivity contribution in [3.05, 3.63) is 48.6 Å². The Kier molecular flexibility index (Phi) is 69.6. The zero-order valence-corrected chi connectivity index (χ0v) is 56.0. The summed E-state index contributed by atoms with van der Waals surface area (Å²) in [6.07, 6.45) is 91.6. The number of carbonyl (C=O) groups is 3. The summed E-state index contributed by atoms with van der Waals surface area (Å²) in [5, 5.41) is 0. The molecule has 0 heterocycles. The summed E-state index contributed by atoms with van der Waals surface area (Å²) >= 11 is 0. The van der Waals surface area contributed by atoms with Gasteiger partial charge in [-0.25, -0.2) is 0 Å². The minimum Gasteiger partial charge on any atom is -0.462 e. The largest absolute Gasteiger partial charge is 0.462 e. The molecular weight excluding hydrogens is 1020 g/mol. The second-order valence-corrected chi connectivity index (χ2v) is 25.2. The highest BCUT2D eigenvalue weighted by Gasteiger charge is 2.19. The molecular formula is C77H142O6. The minimum absolute atomic E-state index is 0.0704. The Morgan fingerprint density at radius 1 is 0.241 bits per heavy atom. The molecule has 0 N–H and O–H groups in total. The van der Waals surface area contributed by atoms with Gasteiger partial charge in [0.2, 0.25) is 0 Å². The van der Waals surface area contributed by atoms with Crippen molar-refractivity contribution >= 4 is 17.9 Å². The molecule has 83 heavy (non-hydrogen) atoms. The molecule has 0 saturated carbocycles. The lowest BCUT2D eigenvalue weighted by atomic mass is 10.0. The summed E-state index contributed by atoms with van der Waals surface area (Å²) in [5.74, 6) is -0.851. The van der Waals surface area contributed by atoms with Gasteiger partial charge in [0.05, 0.1) is 0 Å². The molecule has 0 saturated heterocycles. The molecule has 1 unspecified atom stereocenters. The molecule has 0 fully saturated rings. The second-order valence-electron chi connectivity index (χ2n) is 25.2. The van der Waals surface area contributed by atoms with E-state index in [1.54, 1.807) is 0 Å². The van der Waals surface area contributed by atoms with Gasteiger partial charge in [-0.2, -0.15) is 0 Å². The Hall–Kier alpha value is -2.63. The highest BCUT2D eigenvalue weighted by molar-refractivity contribution is 5.71. The molecule has 0 aromatic rings. The summed E-state index contributed by atoms with van der Waals surface area (Å²) in [5.41, 5.74) is 0. The summed E-state index contributed by atoms with van der Waals surface area (Å²) in [6.45, 7) is 6.67. The Labute approximate surface area is 518 Å². The monoisotopic (exact) mass is 1160 g/mol. The van der Waals surface area contributed by atoms with Crippen molar-refractivity contribution in [3.63, 3.8) is 0 Å². The molecule has 1 atom stereocenters. The predicted octanol–water partition coefficient (Wildman–Crippen LogP) is 25.7. The lowest BCUT2D eigenvalue weighted by Crippen LogP contribution is -2.30. The van der Waals surface area contributed by atoms with Crippen LogP contribution >= 0.6 is 0 Å². The van der Waals surface area contributed by atoms with E-state index in [0.29, 0.717) is 19.3 Å². The van der Waals surface area contributed by atoms with E-state index in [-0.39, 0.29) is 31.1 Å². The topological polar surface area (TPSA) is 78.9 Å². The quantitative estimate of drug-likeness (QED) is 0.0261. The summed E-state index contributed by atoms with van der Waals surface area (Å²) < 4.78 is 17.0. The Bertz CT molecular complexity index is 1430. The number of ether oxygens (including phenoxy) is 3. The summed E-state index contributed by atoms with van der Waals surface area (Å²) in [4.78, 5) is 38.4. The van der Waals surface area contributed by atoms with Crippen LogP contribution in [0.15, 0.2) is 48.6 Å². The van der Waals surface area contributed by atoms with Gasteiger partial charge in [0.1, 0.15) is 13.2 Å². The first-order valence-corrected chi connectivity index (χ1v) is 37.1. The molecule has 0 aromatic carbocycles. The molecule has 0 aliphatic carbocycles. The number of hydrogen-bond donors (Lipinski definition) is 0. The summed E-state index contributed by atoms with van der Waals surface area (Å²) in [7, 11) is 0. The van der Waals surface area contributed by atoms with Crippen molar-refractivity contribution < 1.29 is 28.6 Å². The molecule has 0 bridgehead atoms. The van der Waals surface area contributed by atoms with Gasteiger partial charge in [-0.1, -0.05) is 352 Å². The molecule has 0 radical (unpaired) electrons. The van der Waals surface area contributed by atoms with Crippen molar-refractivity contribution in [2.75, 3.05) is 13.2 Å². The molecule has 0 aliphatic heterocycles. The molecule has 6 heteroatoms. The van der Waals surface area contributed by atoms with Crippen LogP contribution < -0.4 is 0 Å². The maximum atomic E-state index is 13.0. The standard InChI is InChI=1S/C77H142O6/c1-4-7-10-13-16-19-22-25-27-29-31-33-35-36-37-38-39-40-41-42-43-45-46-48-50-52-55-58-61-64-67-70-76(79)82-73-74(72-81-75(78)69-66-63-60-57-54-24-21-18-15-12-9-6-3)83-77(80)71-68-65-62-59-56-53-51-49-47-44-34-32-30-28-26-23-20-17-14-11-8-5-2/h18,21-22,25,29,31,35-36,74H,4-17,19-20,23-24,26-28,30,32-34,37-73H2,1-3H3/b21-18-,25-22-,31-29-,36-35-. The van der Waals surface area contributed by atoms with Gasteiger partial charge in [-0.05, 0) is 83.5 Å². The molecule has 0 aliphatic rings. The average molecular weight is 1160 g/mol. The van der Waals surface area contributed by atoms with Gasteiger partial charge in [0.15, 0.2) is 6.10 Å². The van der Waals surface area contributed by atoms with Crippen LogP contribution in [0.4, 0.5) is 0 Å². The fraction of sp³-hybridized carbons (Fsp3) is 0.857. The zero-order valence-electron chi connectivity index (χ0n) is 56.0. The average Bonchev–Trinajstić information content (AvgIpc) is 3.49.